The zero-order valence-electron chi connectivity index (χ0n) is 10.8. The van der Waals surface area contributed by atoms with Gasteiger partial charge in [-0.25, -0.2) is 0 Å². The molecule has 1 nitrogen and oxygen atoms in total. The first-order valence-corrected chi connectivity index (χ1v) is 6.05. The van der Waals surface area contributed by atoms with Gasteiger partial charge >= 0.3 is 0 Å². The van der Waals surface area contributed by atoms with Crippen LogP contribution in [0.25, 0.3) is 0 Å². The lowest BCUT2D eigenvalue weighted by atomic mass is 9.84. The Bertz CT molecular complexity index is 184. The molecule has 0 aliphatic carbocycles. The zero-order valence-corrected chi connectivity index (χ0v) is 10.8. The van der Waals surface area contributed by atoms with Crippen molar-refractivity contribution in [3.63, 3.8) is 0 Å². The Labute approximate surface area is 95.7 Å². The molecule has 0 aromatic heterocycles. The predicted molar refractivity (Wildman–Crippen MR) is 70.0 cm³/mol. The molecule has 0 saturated heterocycles. The van der Waals surface area contributed by atoms with Gasteiger partial charge in [0.25, 0.3) is 0 Å². The van der Waals surface area contributed by atoms with E-state index in [9.17, 15) is 0 Å². The summed E-state index contributed by atoms with van der Waals surface area (Å²) in [4.78, 5) is 0. The lowest BCUT2D eigenvalue weighted by Crippen LogP contribution is -2.26. The minimum Gasteiger partial charge on any atom is -0.317 e. The van der Waals surface area contributed by atoms with Crippen LogP contribution in [-0.4, -0.2) is 13.1 Å². The van der Waals surface area contributed by atoms with Crippen LogP contribution >= 0.6 is 0 Å². The van der Waals surface area contributed by atoms with Crippen molar-refractivity contribution in [2.45, 2.75) is 46.1 Å². The zero-order chi connectivity index (χ0) is 11.7. The quantitative estimate of drug-likeness (QED) is 0.600. The molecular weight excluding hydrogens is 182 g/mol. The van der Waals surface area contributed by atoms with Gasteiger partial charge in [-0.1, -0.05) is 25.2 Å². The van der Waals surface area contributed by atoms with E-state index in [4.69, 9.17) is 0 Å². The van der Waals surface area contributed by atoms with Crippen LogP contribution in [0.1, 0.15) is 40.0 Å². The third kappa shape index (κ3) is 6.51. The predicted octanol–water partition coefficient (Wildman–Crippen LogP) is 3.78. The second kappa shape index (κ2) is 8.72. The van der Waals surface area contributed by atoms with E-state index < -0.39 is 0 Å². The SMILES string of the molecule is C=CCC(C)C(C/C=C\C)CC(C)NC. The normalized spacial score (nSPS) is 17.6. The summed E-state index contributed by atoms with van der Waals surface area (Å²) in [6.45, 7) is 10.5. The highest BCUT2D eigenvalue weighted by molar-refractivity contribution is 4.86. The van der Waals surface area contributed by atoms with Crippen molar-refractivity contribution >= 4 is 0 Å². The van der Waals surface area contributed by atoms with Crippen LogP contribution < -0.4 is 5.32 Å². The lowest BCUT2D eigenvalue weighted by molar-refractivity contribution is 0.309. The summed E-state index contributed by atoms with van der Waals surface area (Å²) in [5.74, 6) is 1.50. The summed E-state index contributed by atoms with van der Waals surface area (Å²) in [5, 5.41) is 3.32. The van der Waals surface area contributed by atoms with E-state index >= 15 is 0 Å². The number of nitrogens with one attached hydrogen (secondary N) is 1. The van der Waals surface area contributed by atoms with Crippen molar-refractivity contribution in [3.8, 4) is 0 Å². The van der Waals surface area contributed by atoms with E-state index in [0.29, 0.717) is 6.04 Å². The highest BCUT2D eigenvalue weighted by atomic mass is 14.8. The van der Waals surface area contributed by atoms with Crippen molar-refractivity contribution in [1.29, 1.82) is 0 Å². The molecule has 88 valence electrons. The molecule has 3 unspecified atom stereocenters. The average Bonchev–Trinajstić information content (AvgIpc) is 2.24. The van der Waals surface area contributed by atoms with Gasteiger partial charge in [0, 0.05) is 6.04 Å². The Morgan fingerprint density at radius 3 is 2.40 bits per heavy atom. The molecule has 0 radical (unpaired) electrons. The molecule has 0 aromatic rings. The van der Waals surface area contributed by atoms with Crippen LogP contribution in [-0.2, 0) is 0 Å². The minimum absolute atomic E-state index is 0.604. The maximum absolute atomic E-state index is 3.83. The molecular formula is C14H27N. The maximum atomic E-state index is 3.83. The number of rotatable bonds is 8. The van der Waals surface area contributed by atoms with Crippen molar-refractivity contribution in [2.75, 3.05) is 7.05 Å². The Balaban J connectivity index is 4.21. The van der Waals surface area contributed by atoms with Gasteiger partial charge in [0.1, 0.15) is 0 Å². The first kappa shape index (κ1) is 14.4. The van der Waals surface area contributed by atoms with E-state index in [0.717, 1.165) is 18.3 Å². The number of hydrogen-bond donors (Lipinski definition) is 1. The molecule has 0 fully saturated rings. The van der Waals surface area contributed by atoms with E-state index in [1.165, 1.54) is 12.8 Å². The maximum Gasteiger partial charge on any atom is 0.00385 e. The summed E-state index contributed by atoms with van der Waals surface area (Å²) in [5.41, 5.74) is 0. The highest BCUT2D eigenvalue weighted by Gasteiger charge is 2.17. The second-order valence-corrected chi connectivity index (χ2v) is 4.49. The van der Waals surface area contributed by atoms with Gasteiger partial charge in [0.15, 0.2) is 0 Å². The van der Waals surface area contributed by atoms with E-state index in [2.05, 4.69) is 44.8 Å². The first-order valence-electron chi connectivity index (χ1n) is 6.05. The smallest absolute Gasteiger partial charge is 0.00385 e. The Morgan fingerprint density at radius 1 is 1.27 bits per heavy atom. The van der Waals surface area contributed by atoms with Crippen molar-refractivity contribution in [2.24, 2.45) is 11.8 Å². The fourth-order valence-corrected chi connectivity index (χ4v) is 1.90. The minimum atomic E-state index is 0.604. The molecule has 0 aromatic carbocycles. The van der Waals surface area contributed by atoms with Crippen molar-refractivity contribution in [1.82, 2.24) is 5.32 Å². The molecule has 0 aliphatic heterocycles. The van der Waals surface area contributed by atoms with Gasteiger partial charge in [0.2, 0.25) is 0 Å². The molecule has 1 heteroatoms. The fraction of sp³-hybridized carbons (Fsp3) is 0.714. The van der Waals surface area contributed by atoms with Crippen LogP contribution in [0, 0.1) is 11.8 Å². The molecule has 0 amide bonds. The first-order chi connectivity index (χ1) is 7.15. The fourth-order valence-electron chi connectivity index (χ4n) is 1.90. The average molecular weight is 209 g/mol. The molecule has 0 bridgehead atoms. The van der Waals surface area contributed by atoms with Gasteiger partial charge in [-0.3, -0.25) is 0 Å². The monoisotopic (exact) mass is 209 g/mol. The highest BCUT2D eigenvalue weighted by Crippen LogP contribution is 2.24. The van der Waals surface area contributed by atoms with E-state index in [1.54, 1.807) is 0 Å². The summed E-state index contributed by atoms with van der Waals surface area (Å²) >= 11 is 0. The summed E-state index contributed by atoms with van der Waals surface area (Å²) in [6.07, 6.45) is 10.0. The Hall–Kier alpha value is -0.560. The molecule has 3 atom stereocenters. The van der Waals surface area contributed by atoms with Gasteiger partial charge in [-0.15, -0.1) is 6.58 Å². The molecule has 0 spiro atoms. The summed E-state index contributed by atoms with van der Waals surface area (Å²) in [6, 6.07) is 0.604. The second-order valence-electron chi connectivity index (χ2n) is 4.49. The third-order valence-corrected chi connectivity index (χ3v) is 3.17. The van der Waals surface area contributed by atoms with Gasteiger partial charge < -0.3 is 5.32 Å². The molecule has 15 heavy (non-hydrogen) atoms. The molecule has 0 aliphatic rings. The van der Waals surface area contributed by atoms with Gasteiger partial charge in [-0.2, -0.15) is 0 Å². The van der Waals surface area contributed by atoms with Crippen molar-refractivity contribution in [3.05, 3.63) is 24.8 Å². The van der Waals surface area contributed by atoms with Crippen LogP contribution in [0.15, 0.2) is 24.8 Å². The molecule has 0 saturated carbocycles. The Morgan fingerprint density at radius 2 is 1.93 bits per heavy atom. The number of hydrogen-bond acceptors (Lipinski definition) is 1. The van der Waals surface area contributed by atoms with Crippen molar-refractivity contribution < 1.29 is 0 Å². The standard InChI is InChI=1S/C14H27N/c1-6-8-10-14(11-13(4)15-5)12(3)9-7-2/h6-8,12-15H,2,9-11H2,1,3-5H3/b8-6-. The van der Waals surface area contributed by atoms with E-state index in [-0.39, 0.29) is 0 Å². The van der Waals surface area contributed by atoms with Gasteiger partial charge in [0.05, 0.1) is 0 Å². The topological polar surface area (TPSA) is 12.0 Å². The molecule has 0 rings (SSSR count). The largest absolute Gasteiger partial charge is 0.317 e. The summed E-state index contributed by atoms with van der Waals surface area (Å²) in [7, 11) is 2.04. The van der Waals surface area contributed by atoms with Crippen LogP contribution in [0.2, 0.25) is 0 Å². The third-order valence-electron chi connectivity index (χ3n) is 3.17. The Kier molecular flexibility index (Phi) is 8.40. The lowest BCUT2D eigenvalue weighted by Gasteiger charge is -2.25. The molecule has 0 heterocycles. The van der Waals surface area contributed by atoms with Crippen LogP contribution in [0.4, 0.5) is 0 Å². The molecule has 1 N–H and O–H groups in total. The van der Waals surface area contributed by atoms with Gasteiger partial charge in [-0.05, 0) is 52.0 Å². The van der Waals surface area contributed by atoms with Crippen LogP contribution in [0.5, 0.6) is 0 Å². The number of allylic oxidation sites excluding steroid dienone is 3. The van der Waals surface area contributed by atoms with Crippen LogP contribution in [0.3, 0.4) is 0 Å². The van der Waals surface area contributed by atoms with E-state index in [1.807, 2.05) is 13.1 Å². The summed E-state index contributed by atoms with van der Waals surface area (Å²) < 4.78 is 0.